The number of aryl methyl sites for hydroxylation is 1. The van der Waals surface area contributed by atoms with E-state index >= 15 is 0 Å². The van der Waals surface area contributed by atoms with Gasteiger partial charge < -0.3 is 16.4 Å². The Kier molecular flexibility index (Phi) is 5.68. The van der Waals surface area contributed by atoms with Gasteiger partial charge in [0.05, 0.1) is 11.5 Å². The molecular weight excluding hydrogens is 330 g/mol. The number of rotatable bonds is 6. The fourth-order valence-electron chi connectivity index (χ4n) is 3.15. The van der Waals surface area contributed by atoms with Crippen LogP contribution in [0.25, 0.3) is 0 Å². The van der Waals surface area contributed by atoms with Crippen molar-refractivity contribution in [3.63, 3.8) is 0 Å². The highest BCUT2D eigenvalue weighted by atomic mass is 16.6. The van der Waals surface area contributed by atoms with E-state index in [9.17, 15) is 10.1 Å². The smallest absolute Gasteiger partial charge is 0.269 e. The predicted molar refractivity (Wildman–Crippen MR) is 105 cm³/mol. The number of nitrogens with zero attached hydrogens (tertiary/aromatic N) is 2. The van der Waals surface area contributed by atoms with Crippen LogP contribution in [-0.2, 0) is 12.8 Å². The Hall–Kier alpha value is -3.09. The number of nitrogens with two attached hydrogens (primary N) is 1. The van der Waals surface area contributed by atoms with Crippen molar-refractivity contribution >= 4 is 23.0 Å². The van der Waals surface area contributed by atoms with Crippen LogP contribution >= 0.6 is 0 Å². The molecule has 0 saturated carbocycles. The third kappa shape index (κ3) is 4.50. The molecular formula is C19H23N5O2. The van der Waals surface area contributed by atoms with Crippen molar-refractivity contribution in [2.45, 2.75) is 25.7 Å². The van der Waals surface area contributed by atoms with Crippen LogP contribution in [0.5, 0.6) is 0 Å². The molecule has 0 saturated heterocycles. The van der Waals surface area contributed by atoms with Crippen molar-refractivity contribution < 1.29 is 4.92 Å². The SMILES string of the molecule is NC(=NCCNc1ccc([N+](=O)[O-])cc1)Nc1cccc2c1CCCC2. The molecule has 136 valence electrons. The van der Waals surface area contributed by atoms with E-state index in [1.165, 1.54) is 36.1 Å². The molecule has 2 aromatic carbocycles. The van der Waals surface area contributed by atoms with Gasteiger partial charge in [0, 0.05) is 30.1 Å². The highest BCUT2D eigenvalue weighted by Crippen LogP contribution is 2.27. The zero-order valence-electron chi connectivity index (χ0n) is 14.6. The molecule has 3 rings (SSSR count). The Labute approximate surface area is 152 Å². The molecule has 0 aromatic heterocycles. The monoisotopic (exact) mass is 353 g/mol. The number of benzene rings is 2. The molecule has 7 nitrogen and oxygen atoms in total. The molecule has 1 aliphatic carbocycles. The van der Waals surface area contributed by atoms with E-state index in [2.05, 4.69) is 27.8 Å². The molecule has 0 fully saturated rings. The largest absolute Gasteiger partial charge is 0.383 e. The number of non-ortho nitro benzene ring substituents is 1. The number of aliphatic imine (C=N–C) groups is 1. The summed E-state index contributed by atoms with van der Waals surface area (Å²) in [7, 11) is 0. The van der Waals surface area contributed by atoms with Gasteiger partial charge in [-0.1, -0.05) is 12.1 Å². The van der Waals surface area contributed by atoms with Crippen molar-refractivity contribution in [2.75, 3.05) is 23.7 Å². The van der Waals surface area contributed by atoms with Gasteiger partial charge in [-0.2, -0.15) is 0 Å². The number of hydrogen-bond acceptors (Lipinski definition) is 4. The lowest BCUT2D eigenvalue weighted by Gasteiger charge is -2.19. The lowest BCUT2D eigenvalue weighted by Crippen LogP contribution is -2.25. The summed E-state index contributed by atoms with van der Waals surface area (Å²) in [5, 5.41) is 17.0. The molecule has 2 aromatic rings. The number of nitrogens with one attached hydrogen (secondary N) is 2. The third-order valence-electron chi connectivity index (χ3n) is 4.46. The number of nitro benzene ring substituents is 1. The maximum Gasteiger partial charge on any atom is 0.269 e. The van der Waals surface area contributed by atoms with Crippen LogP contribution in [0.4, 0.5) is 17.1 Å². The van der Waals surface area contributed by atoms with Gasteiger partial charge in [-0.3, -0.25) is 15.1 Å². The quantitative estimate of drug-likeness (QED) is 0.243. The van der Waals surface area contributed by atoms with E-state index in [-0.39, 0.29) is 5.69 Å². The van der Waals surface area contributed by atoms with Gasteiger partial charge in [0.25, 0.3) is 5.69 Å². The number of fused-ring (bicyclic) bond motifs is 1. The molecule has 0 spiro atoms. The summed E-state index contributed by atoms with van der Waals surface area (Å²) < 4.78 is 0. The van der Waals surface area contributed by atoms with Crippen LogP contribution in [0.15, 0.2) is 47.5 Å². The lowest BCUT2D eigenvalue weighted by atomic mass is 9.90. The Morgan fingerprint density at radius 2 is 1.92 bits per heavy atom. The summed E-state index contributed by atoms with van der Waals surface area (Å²) in [4.78, 5) is 14.6. The molecule has 0 aliphatic heterocycles. The summed E-state index contributed by atoms with van der Waals surface area (Å²) in [6.45, 7) is 1.10. The lowest BCUT2D eigenvalue weighted by molar-refractivity contribution is -0.384. The summed E-state index contributed by atoms with van der Waals surface area (Å²) >= 11 is 0. The van der Waals surface area contributed by atoms with E-state index in [1.54, 1.807) is 12.1 Å². The van der Waals surface area contributed by atoms with Crippen LogP contribution in [0.3, 0.4) is 0 Å². The first kappa shape index (κ1) is 17.7. The Balaban J connectivity index is 1.50. The number of nitro groups is 1. The van der Waals surface area contributed by atoms with Gasteiger partial charge in [0.2, 0.25) is 0 Å². The van der Waals surface area contributed by atoms with Crippen molar-refractivity contribution in [2.24, 2.45) is 10.7 Å². The first-order valence-electron chi connectivity index (χ1n) is 8.79. The van der Waals surface area contributed by atoms with Crippen molar-refractivity contribution in [1.82, 2.24) is 0 Å². The van der Waals surface area contributed by atoms with Crippen LogP contribution in [0.2, 0.25) is 0 Å². The first-order chi connectivity index (χ1) is 12.6. The summed E-state index contributed by atoms with van der Waals surface area (Å²) in [5.74, 6) is 0.398. The Bertz CT molecular complexity index is 802. The summed E-state index contributed by atoms with van der Waals surface area (Å²) in [5.41, 5.74) is 10.7. The van der Waals surface area contributed by atoms with Gasteiger partial charge in [0.1, 0.15) is 0 Å². The Morgan fingerprint density at radius 1 is 1.15 bits per heavy atom. The van der Waals surface area contributed by atoms with E-state index in [0.29, 0.717) is 19.0 Å². The van der Waals surface area contributed by atoms with Crippen molar-refractivity contribution in [3.8, 4) is 0 Å². The van der Waals surface area contributed by atoms with Crippen LogP contribution in [0.1, 0.15) is 24.0 Å². The number of hydrogen-bond donors (Lipinski definition) is 3. The molecule has 0 radical (unpaired) electrons. The molecule has 4 N–H and O–H groups in total. The summed E-state index contributed by atoms with van der Waals surface area (Å²) in [6.07, 6.45) is 4.66. The molecule has 26 heavy (non-hydrogen) atoms. The second-order valence-electron chi connectivity index (χ2n) is 6.27. The standard InChI is InChI=1S/C19H23N5O2/c20-19(23-18-7-3-5-14-4-1-2-6-17(14)18)22-13-12-21-15-8-10-16(11-9-15)24(25)26/h3,5,7-11,21H,1-2,4,6,12-13H2,(H3,20,22,23). The van der Waals surface area contributed by atoms with E-state index in [0.717, 1.165) is 24.2 Å². The minimum atomic E-state index is -0.414. The van der Waals surface area contributed by atoms with E-state index < -0.39 is 4.92 Å². The average molecular weight is 353 g/mol. The van der Waals surface area contributed by atoms with Crippen LogP contribution in [0, 0.1) is 10.1 Å². The predicted octanol–water partition coefficient (Wildman–Crippen LogP) is 3.31. The second-order valence-corrected chi connectivity index (χ2v) is 6.27. The van der Waals surface area contributed by atoms with Gasteiger partial charge >= 0.3 is 0 Å². The first-order valence-corrected chi connectivity index (χ1v) is 8.79. The highest BCUT2D eigenvalue weighted by molar-refractivity contribution is 5.93. The fourth-order valence-corrected chi connectivity index (χ4v) is 3.15. The van der Waals surface area contributed by atoms with Gasteiger partial charge in [-0.25, -0.2) is 0 Å². The topological polar surface area (TPSA) is 106 Å². The molecule has 0 atom stereocenters. The number of anilines is 2. The maximum absolute atomic E-state index is 10.6. The van der Waals surface area contributed by atoms with Gasteiger partial charge in [0.15, 0.2) is 5.96 Å². The zero-order chi connectivity index (χ0) is 18.4. The van der Waals surface area contributed by atoms with Crippen molar-refractivity contribution in [3.05, 3.63) is 63.7 Å². The van der Waals surface area contributed by atoms with E-state index in [4.69, 9.17) is 5.73 Å². The molecule has 1 aliphatic rings. The maximum atomic E-state index is 10.6. The second kappa shape index (κ2) is 8.33. The summed E-state index contributed by atoms with van der Waals surface area (Å²) in [6, 6.07) is 12.6. The average Bonchev–Trinajstić information content (AvgIpc) is 2.66. The van der Waals surface area contributed by atoms with Crippen LogP contribution < -0.4 is 16.4 Å². The van der Waals surface area contributed by atoms with Gasteiger partial charge in [-0.05, 0) is 55.0 Å². The Morgan fingerprint density at radius 3 is 2.69 bits per heavy atom. The molecule has 0 heterocycles. The van der Waals surface area contributed by atoms with Crippen LogP contribution in [-0.4, -0.2) is 24.0 Å². The fraction of sp³-hybridized carbons (Fsp3) is 0.316. The minimum Gasteiger partial charge on any atom is -0.383 e. The van der Waals surface area contributed by atoms with Gasteiger partial charge in [-0.15, -0.1) is 0 Å². The van der Waals surface area contributed by atoms with Crippen molar-refractivity contribution in [1.29, 1.82) is 0 Å². The third-order valence-corrected chi connectivity index (χ3v) is 4.46. The zero-order valence-corrected chi connectivity index (χ0v) is 14.6. The molecule has 0 amide bonds. The molecule has 0 bridgehead atoms. The molecule has 7 heteroatoms. The normalized spacial score (nSPS) is 13.8. The van der Waals surface area contributed by atoms with E-state index in [1.807, 2.05) is 6.07 Å². The minimum absolute atomic E-state index is 0.0770. The number of guanidine groups is 1. The molecule has 0 unspecified atom stereocenters. The highest BCUT2D eigenvalue weighted by Gasteiger charge is 2.13.